The second kappa shape index (κ2) is 4.67. The standard InChI is InChI=1S/C12H17N3O/c1-3-4-10(13)12-14-11(15-16-12)9-6-5-8(2)7-9/h1,8-10H,4-7,13H2,2H3. The molecule has 16 heavy (non-hydrogen) atoms. The molecule has 0 radical (unpaired) electrons. The molecule has 2 N–H and O–H groups in total. The summed E-state index contributed by atoms with van der Waals surface area (Å²) in [6, 6.07) is -0.329. The van der Waals surface area contributed by atoms with E-state index in [0.717, 1.165) is 24.6 Å². The monoisotopic (exact) mass is 219 g/mol. The minimum atomic E-state index is -0.329. The van der Waals surface area contributed by atoms with Gasteiger partial charge < -0.3 is 10.3 Å². The van der Waals surface area contributed by atoms with Gasteiger partial charge in [-0.15, -0.1) is 12.3 Å². The summed E-state index contributed by atoms with van der Waals surface area (Å²) in [5, 5.41) is 4.00. The first-order valence-corrected chi connectivity index (χ1v) is 5.73. The molecule has 1 fully saturated rings. The molecule has 4 heteroatoms. The maximum absolute atomic E-state index is 5.81. The maximum atomic E-state index is 5.81. The Morgan fingerprint density at radius 1 is 1.62 bits per heavy atom. The highest BCUT2D eigenvalue weighted by atomic mass is 16.5. The smallest absolute Gasteiger partial charge is 0.244 e. The molecule has 1 heterocycles. The zero-order valence-corrected chi connectivity index (χ0v) is 9.52. The molecule has 86 valence electrons. The quantitative estimate of drug-likeness (QED) is 0.790. The number of terminal acetylenes is 1. The predicted octanol–water partition coefficient (Wildman–Crippen LogP) is 2.00. The lowest BCUT2D eigenvalue weighted by Gasteiger charge is -2.02. The summed E-state index contributed by atoms with van der Waals surface area (Å²) in [4.78, 5) is 4.35. The zero-order valence-electron chi connectivity index (χ0n) is 9.52. The second-order valence-corrected chi connectivity index (χ2v) is 4.62. The van der Waals surface area contributed by atoms with Crippen molar-refractivity contribution in [2.75, 3.05) is 0 Å². The molecule has 0 aliphatic heterocycles. The van der Waals surface area contributed by atoms with Crippen molar-refractivity contribution in [1.29, 1.82) is 0 Å². The van der Waals surface area contributed by atoms with E-state index < -0.39 is 0 Å². The van der Waals surface area contributed by atoms with E-state index in [4.69, 9.17) is 16.7 Å². The highest BCUT2D eigenvalue weighted by Crippen LogP contribution is 2.36. The van der Waals surface area contributed by atoms with Gasteiger partial charge in [0.2, 0.25) is 5.89 Å². The van der Waals surface area contributed by atoms with Crippen LogP contribution < -0.4 is 5.73 Å². The summed E-state index contributed by atoms with van der Waals surface area (Å²) in [6.07, 6.45) is 9.15. The third-order valence-corrected chi connectivity index (χ3v) is 3.17. The summed E-state index contributed by atoms with van der Waals surface area (Å²) < 4.78 is 5.14. The van der Waals surface area contributed by atoms with E-state index >= 15 is 0 Å². The molecular weight excluding hydrogens is 202 g/mol. The van der Waals surface area contributed by atoms with Gasteiger partial charge in [-0.25, -0.2) is 0 Å². The topological polar surface area (TPSA) is 64.9 Å². The number of nitrogens with zero attached hydrogens (tertiary/aromatic N) is 2. The van der Waals surface area contributed by atoms with Gasteiger partial charge in [0.1, 0.15) is 0 Å². The van der Waals surface area contributed by atoms with Gasteiger partial charge in [-0.2, -0.15) is 4.98 Å². The SMILES string of the molecule is C#CCC(N)c1nc(C2CCC(C)C2)no1. The van der Waals surface area contributed by atoms with Crippen molar-refractivity contribution < 1.29 is 4.52 Å². The summed E-state index contributed by atoms with van der Waals surface area (Å²) >= 11 is 0. The number of hydrogen-bond donors (Lipinski definition) is 1. The first-order valence-electron chi connectivity index (χ1n) is 5.73. The fraction of sp³-hybridized carbons (Fsp3) is 0.667. The van der Waals surface area contributed by atoms with Gasteiger partial charge in [-0.1, -0.05) is 12.1 Å². The van der Waals surface area contributed by atoms with Crippen LogP contribution in [0.15, 0.2) is 4.52 Å². The van der Waals surface area contributed by atoms with E-state index in [1.165, 1.54) is 6.42 Å². The number of hydrogen-bond acceptors (Lipinski definition) is 4. The molecule has 0 bridgehead atoms. The molecule has 1 aromatic heterocycles. The van der Waals surface area contributed by atoms with Gasteiger partial charge in [0, 0.05) is 12.3 Å². The van der Waals surface area contributed by atoms with Crippen LogP contribution in [-0.2, 0) is 0 Å². The number of nitrogens with two attached hydrogens (primary N) is 1. The van der Waals surface area contributed by atoms with Crippen molar-refractivity contribution in [1.82, 2.24) is 10.1 Å². The highest BCUT2D eigenvalue weighted by molar-refractivity contribution is 5.03. The van der Waals surface area contributed by atoms with Crippen molar-refractivity contribution in [3.05, 3.63) is 11.7 Å². The maximum Gasteiger partial charge on any atom is 0.244 e. The number of rotatable bonds is 3. The molecule has 0 aromatic carbocycles. The third-order valence-electron chi connectivity index (χ3n) is 3.17. The minimum Gasteiger partial charge on any atom is -0.338 e. The Morgan fingerprint density at radius 3 is 3.06 bits per heavy atom. The second-order valence-electron chi connectivity index (χ2n) is 4.62. The van der Waals surface area contributed by atoms with Crippen molar-refractivity contribution in [3.63, 3.8) is 0 Å². The van der Waals surface area contributed by atoms with Crippen LogP contribution in [0.1, 0.15) is 56.3 Å². The molecule has 3 atom stereocenters. The molecule has 1 aliphatic rings. The Kier molecular flexibility index (Phi) is 3.25. The fourth-order valence-corrected chi connectivity index (χ4v) is 2.22. The normalized spacial score (nSPS) is 26.6. The minimum absolute atomic E-state index is 0.329. The zero-order chi connectivity index (χ0) is 11.5. The van der Waals surface area contributed by atoms with Gasteiger partial charge in [-0.3, -0.25) is 0 Å². The summed E-state index contributed by atoms with van der Waals surface area (Å²) in [6.45, 7) is 2.26. The predicted molar refractivity (Wildman–Crippen MR) is 60.4 cm³/mol. The Balaban J connectivity index is 2.05. The highest BCUT2D eigenvalue weighted by Gasteiger charge is 2.27. The van der Waals surface area contributed by atoms with E-state index in [9.17, 15) is 0 Å². The van der Waals surface area contributed by atoms with Crippen LogP contribution >= 0.6 is 0 Å². The van der Waals surface area contributed by atoms with Gasteiger partial charge in [0.25, 0.3) is 0 Å². The van der Waals surface area contributed by atoms with E-state index in [1.54, 1.807) is 0 Å². The van der Waals surface area contributed by atoms with Gasteiger partial charge in [-0.05, 0) is 25.2 Å². The average molecular weight is 219 g/mol. The van der Waals surface area contributed by atoms with Crippen LogP contribution in [0.25, 0.3) is 0 Å². The lowest BCUT2D eigenvalue weighted by Crippen LogP contribution is -2.09. The van der Waals surface area contributed by atoms with Crippen LogP contribution in [0.4, 0.5) is 0 Å². The van der Waals surface area contributed by atoms with Crippen molar-refractivity contribution in [2.45, 2.75) is 44.6 Å². The molecule has 2 rings (SSSR count). The summed E-state index contributed by atoms with van der Waals surface area (Å²) in [5.41, 5.74) is 5.81. The van der Waals surface area contributed by atoms with Gasteiger partial charge >= 0.3 is 0 Å². The molecule has 4 nitrogen and oxygen atoms in total. The lowest BCUT2D eigenvalue weighted by atomic mass is 10.1. The molecule has 0 amide bonds. The Hall–Kier alpha value is -1.34. The van der Waals surface area contributed by atoms with Crippen LogP contribution in [0.5, 0.6) is 0 Å². The van der Waals surface area contributed by atoms with Crippen LogP contribution in [0.2, 0.25) is 0 Å². The first kappa shape index (κ1) is 11.2. The first-order chi connectivity index (χ1) is 7.70. The van der Waals surface area contributed by atoms with E-state index in [-0.39, 0.29) is 6.04 Å². The Bertz CT molecular complexity index is 393. The Morgan fingerprint density at radius 2 is 2.44 bits per heavy atom. The molecule has 3 unspecified atom stereocenters. The van der Waals surface area contributed by atoms with Crippen molar-refractivity contribution in [3.8, 4) is 12.3 Å². The van der Waals surface area contributed by atoms with Crippen molar-refractivity contribution in [2.24, 2.45) is 11.7 Å². The van der Waals surface area contributed by atoms with Crippen LogP contribution in [0, 0.1) is 18.3 Å². The summed E-state index contributed by atoms with van der Waals surface area (Å²) in [5.74, 6) is 4.95. The molecule has 0 saturated heterocycles. The molecule has 1 aromatic rings. The molecule has 0 spiro atoms. The van der Waals surface area contributed by atoms with E-state index in [2.05, 4.69) is 23.0 Å². The largest absolute Gasteiger partial charge is 0.338 e. The summed E-state index contributed by atoms with van der Waals surface area (Å²) in [7, 11) is 0. The van der Waals surface area contributed by atoms with Crippen LogP contribution in [0.3, 0.4) is 0 Å². The van der Waals surface area contributed by atoms with Gasteiger partial charge in [0.15, 0.2) is 5.82 Å². The lowest BCUT2D eigenvalue weighted by molar-refractivity contribution is 0.349. The van der Waals surface area contributed by atoms with E-state index in [1.807, 2.05) is 0 Å². The molecular formula is C12H17N3O. The molecule has 1 saturated carbocycles. The fourth-order valence-electron chi connectivity index (χ4n) is 2.22. The molecule has 1 aliphatic carbocycles. The van der Waals surface area contributed by atoms with Crippen molar-refractivity contribution >= 4 is 0 Å². The van der Waals surface area contributed by atoms with Gasteiger partial charge in [0.05, 0.1) is 6.04 Å². The van der Waals surface area contributed by atoms with Crippen LogP contribution in [-0.4, -0.2) is 10.1 Å². The third kappa shape index (κ3) is 2.25. The number of aromatic nitrogens is 2. The van der Waals surface area contributed by atoms with E-state index in [0.29, 0.717) is 18.2 Å². The Labute approximate surface area is 95.6 Å². The average Bonchev–Trinajstić information content (AvgIpc) is 2.85.